The molecule has 0 aliphatic carbocycles. The number of benzene rings is 1. The standard InChI is InChI=1S/C20H21F3N6O/c21-20(22,23)14-11-30-19(18(24)25,28-9-13-4-2-1-3-5-13)8-17(14)29-7-6-15-16(10-29)27-12-26-15/h1-5,8,11-12,28H,6-7,9-10H2,(H3,24,25)(H,26,27). The molecule has 2 aliphatic rings. The number of H-pyrrole nitrogens is 1. The summed E-state index contributed by atoms with van der Waals surface area (Å²) >= 11 is 0. The number of imidazole rings is 1. The number of aromatic nitrogens is 2. The Bertz CT molecular complexity index is 997. The molecule has 0 spiro atoms. The van der Waals surface area contributed by atoms with Gasteiger partial charge in [-0.3, -0.25) is 10.7 Å². The van der Waals surface area contributed by atoms with Gasteiger partial charge in [-0.05, 0) is 5.56 Å². The first-order valence-electron chi connectivity index (χ1n) is 9.36. The van der Waals surface area contributed by atoms with Crippen molar-refractivity contribution in [3.63, 3.8) is 0 Å². The zero-order valence-corrected chi connectivity index (χ0v) is 16.0. The van der Waals surface area contributed by atoms with Gasteiger partial charge in [0.05, 0.1) is 30.0 Å². The highest BCUT2D eigenvalue weighted by Crippen LogP contribution is 2.39. The monoisotopic (exact) mass is 418 g/mol. The fraction of sp³-hybridized carbons (Fsp3) is 0.300. The van der Waals surface area contributed by atoms with Crippen LogP contribution >= 0.6 is 0 Å². The normalized spacial score (nSPS) is 21.4. The molecule has 0 fully saturated rings. The number of aromatic amines is 1. The van der Waals surface area contributed by atoms with Gasteiger partial charge in [0.25, 0.3) is 0 Å². The lowest BCUT2D eigenvalue weighted by atomic mass is 10.00. The Morgan fingerprint density at radius 1 is 1.33 bits per heavy atom. The van der Waals surface area contributed by atoms with Gasteiger partial charge in [0.2, 0.25) is 5.72 Å². The van der Waals surface area contributed by atoms with Gasteiger partial charge in [0, 0.05) is 25.6 Å². The highest BCUT2D eigenvalue weighted by atomic mass is 19.4. The molecule has 1 atom stereocenters. The number of nitrogens with zero attached hydrogens (tertiary/aromatic N) is 2. The van der Waals surface area contributed by atoms with E-state index in [0.29, 0.717) is 19.2 Å². The molecule has 0 saturated heterocycles. The summed E-state index contributed by atoms with van der Waals surface area (Å²) in [6.07, 6.45) is -0.677. The molecule has 0 amide bonds. The first kappa shape index (κ1) is 20.0. The zero-order valence-electron chi connectivity index (χ0n) is 16.0. The topological polar surface area (TPSA) is 103 Å². The van der Waals surface area contributed by atoms with Crippen molar-refractivity contribution in [2.24, 2.45) is 5.73 Å². The number of alkyl halides is 3. The average molecular weight is 418 g/mol. The molecular formula is C20H21F3N6O. The van der Waals surface area contributed by atoms with Crippen molar-refractivity contribution in [1.82, 2.24) is 20.2 Å². The van der Waals surface area contributed by atoms with Gasteiger partial charge in [0.15, 0.2) is 5.84 Å². The smallest absolute Gasteiger partial charge is 0.421 e. The van der Waals surface area contributed by atoms with Crippen LogP contribution in [0.3, 0.4) is 0 Å². The lowest BCUT2D eigenvalue weighted by molar-refractivity contribution is -0.0970. The predicted octanol–water partition coefficient (Wildman–Crippen LogP) is 2.55. The van der Waals surface area contributed by atoms with E-state index < -0.39 is 23.3 Å². The third-order valence-electron chi connectivity index (χ3n) is 5.20. The molecule has 0 bridgehead atoms. The molecule has 4 rings (SSSR count). The van der Waals surface area contributed by atoms with Crippen molar-refractivity contribution < 1.29 is 17.9 Å². The second-order valence-corrected chi connectivity index (χ2v) is 7.16. The molecular weight excluding hydrogens is 397 g/mol. The van der Waals surface area contributed by atoms with Crippen LogP contribution in [0.4, 0.5) is 13.2 Å². The van der Waals surface area contributed by atoms with E-state index in [9.17, 15) is 13.2 Å². The molecule has 1 unspecified atom stereocenters. The fourth-order valence-corrected chi connectivity index (χ4v) is 3.57. The van der Waals surface area contributed by atoms with Crippen molar-refractivity contribution >= 4 is 5.84 Å². The maximum absolute atomic E-state index is 13.7. The van der Waals surface area contributed by atoms with Gasteiger partial charge in [-0.15, -0.1) is 0 Å². The summed E-state index contributed by atoms with van der Waals surface area (Å²) in [5, 5.41) is 11.0. The molecule has 2 aromatic rings. The van der Waals surface area contributed by atoms with Crippen LogP contribution in [0.2, 0.25) is 0 Å². The average Bonchev–Trinajstić information content (AvgIpc) is 3.20. The summed E-state index contributed by atoms with van der Waals surface area (Å²) in [6, 6.07) is 9.26. The second kappa shape index (κ2) is 7.52. The first-order chi connectivity index (χ1) is 14.3. The third kappa shape index (κ3) is 3.78. The second-order valence-electron chi connectivity index (χ2n) is 7.16. The van der Waals surface area contributed by atoms with E-state index >= 15 is 0 Å². The summed E-state index contributed by atoms with van der Waals surface area (Å²) in [5.41, 5.74) is 5.59. The van der Waals surface area contributed by atoms with Crippen LogP contribution in [0.15, 0.2) is 60.3 Å². The predicted molar refractivity (Wildman–Crippen MR) is 104 cm³/mol. The number of nitrogens with one attached hydrogen (secondary N) is 3. The number of fused-ring (bicyclic) bond motifs is 1. The van der Waals surface area contributed by atoms with Crippen LogP contribution in [0, 0.1) is 5.41 Å². The van der Waals surface area contributed by atoms with E-state index in [1.54, 1.807) is 4.90 Å². The zero-order chi connectivity index (χ0) is 21.4. The Balaban J connectivity index is 1.68. The number of hydrogen-bond acceptors (Lipinski definition) is 5. The molecule has 7 nitrogen and oxygen atoms in total. The number of nitrogens with two attached hydrogens (primary N) is 1. The number of rotatable bonds is 5. The van der Waals surface area contributed by atoms with Crippen molar-refractivity contribution in [2.45, 2.75) is 31.4 Å². The molecule has 0 saturated carbocycles. The highest BCUT2D eigenvalue weighted by molar-refractivity contribution is 5.88. The van der Waals surface area contributed by atoms with Gasteiger partial charge in [-0.2, -0.15) is 13.2 Å². The lowest BCUT2D eigenvalue weighted by Gasteiger charge is -2.39. The van der Waals surface area contributed by atoms with Gasteiger partial charge >= 0.3 is 6.18 Å². The molecule has 5 N–H and O–H groups in total. The van der Waals surface area contributed by atoms with Crippen molar-refractivity contribution in [3.8, 4) is 0 Å². The number of halogens is 3. The molecule has 0 radical (unpaired) electrons. The molecule has 30 heavy (non-hydrogen) atoms. The summed E-state index contributed by atoms with van der Waals surface area (Å²) in [7, 11) is 0. The summed E-state index contributed by atoms with van der Waals surface area (Å²) in [4.78, 5) is 8.77. The summed E-state index contributed by atoms with van der Waals surface area (Å²) < 4.78 is 46.6. The van der Waals surface area contributed by atoms with Crippen LogP contribution in [-0.2, 0) is 24.2 Å². The Labute approximate surface area is 170 Å². The van der Waals surface area contributed by atoms with Crippen LogP contribution in [0.1, 0.15) is 17.0 Å². The molecule has 3 heterocycles. The Morgan fingerprint density at radius 2 is 2.10 bits per heavy atom. The number of allylic oxidation sites excluding steroid dienone is 1. The van der Waals surface area contributed by atoms with E-state index in [1.807, 2.05) is 30.3 Å². The third-order valence-corrected chi connectivity index (χ3v) is 5.20. The highest BCUT2D eigenvalue weighted by Gasteiger charge is 2.46. The first-order valence-corrected chi connectivity index (χ1v) is 9.36. The van der Waals surface area contributed by atoms with Gasteiger partial charge in [-0.25, -0.2) is 4.98 Å². The Morgan fingerprint density at radius 3 is 2.80 bits per heavy atom. The minimum absolute atomic E-state index is 0.0789. The largest absolute Gasteiger partial charge is 0.468 e. The summed E-state index contributed by atoms with van der Waals surface area (Å²) in [5.74, 6) is -0.437. The summed E-state index contributed by atoms with van der Waals surface area (Å²) in [6.45, 7) is 0.842. The van der Waals surface area contributed by atoms with Crippen molar-refractivity contribution in [2.75, 3.05) is 6.54 Å². The molecule has 1 aromatic carbocycles. The number of amidine groups is 1. The lowest BCUT2D eigenvalue weighted by Crippen LogP contribution is -2.56. The van der Waals surface area contributed by atoms with E-state index in [-0.39, 0.29) is 18.8 Å². The Hall–Kier alpha value is -3.27. The fourth-order valence-electron chi connectivity index (χ4n) is 3.57. The van der Waals surface area contributed by atoms with Gasteiger partial charge in [0.1, 0.15) is 11.8 Å². The van der Waals surface area contributed by atoms with Crippen molar-refractivity contribution in [1.29, 1.82) is 5.41 Å². The maximum Gasteiger partial charge on any atom is 0.421 e. The van der Waals surface area contributed by atoms with Crippen LogP contribution in [0.25, 0.3) is 0 Å². The minimum atomic E-state index is -4.62. The molecule has 1 aromatic heterocycles. The van der Waals surface area contributed by atoms with E-state index in [0.717, 1.165) is 17.0 Å². The Kier molecular flexibility index (Phi) is 5.02. The van der Waals surface area contributed by atoms with Crippen LogP contribution < -0.4 is 11.1 Å². The number of ether oxygens (including phenoxy) is 1. The minimum Gasteiger partial charge on any atom is -0.468 e. The molecule has 2 aliphatic heterocycles. The SMILES string of the molecule is N=C(N)C1(NCc2ccccc2)C=C(N2CCc3nc[nH]c3C2)C(C(F)(F)F)=CO1. The maximum atomic E-state index is 13.7. The van der Waals surface area contributed by atoms with Crippen LogP contribution in [-0.4, -0.2) is 39.1 Å². The van der Waals surface area contributed by atoms with E-state index in [2.05, 4.69) is 15.3 Å². The van der Waals surface area contributed by atoms with Gasteiger partial charge in [-0.1, -0.05) is 30.3 Å². The van der Waals surface area contributed by atoms with Gasteiger partial charge < -0.3 is 20.4 Å². The molecule has 158 valence electrons. The quantitative estimate of drug-likeness (QED) is 0.442. The van der Waals surface area contributed by atoms with E-state index in [4.69, 9.17) is 15.9 Å². The van der Waals surface area contributed by atoms with E-state index in [1.165, 1.54) is 12.4 Å². The van der Waals surface area contributed by atoms with Crippen LogP contribution in [0.5, 0.6) is 0 Å². The van der Waals surface area contributed by atoms with Crippen molar-refractivity contribution in [3.05, 3.63) is 77.2 Å². The number of hydrogen-bond donors (Lipinski definition) is 4. The molecule has 10 heteroatoms.